The Morgan fingerprint density at radius 3 is 2.57 bits per heavy atom. The van der Waals surface area contributed by atoms with Crippen LogP contribution in [0.3, 0.4) is 0 Å². The van der Waals surface area contributed by atoms with Crippen molar-refractivity contribution in [1.29, 1.82) is 0 Å². The standard InChI is InChI=1S/C19H22ClN5O2S/c1-10-15(20)16(22-24(10)3)17(26)23-25-11(2)21-18-14(19(25)27)12-8-6-4-5-7-9-13(12)28-18/h4-9H2,1-3H3,(H,23,26). The van der Waals surface area contributed by atoms with Gasteiger partial charge in [-0.2, -0.15) is 5.10 Å². The van der Waals surface area contributed by atoms with Gasteiger partial charge >= 0.3 is 0 Å². The van der Waals surface area contributed by atoms with Gasteiger partial charge in [0.25, 0.3) is 11.5 Å². The summed E-state index contributed by atoms with van der Waals surface area (Å²) in [7, 11) is 1.71. The Morgan fingerprint density at radius 1 is 1.18 bits per heavy atom. The number of carbonyl (C=O) groups excluding carboxylic acids is 1. The normalized spacial score (nSPS) is 14.6. The number of fused-ring (bicyclic) bond motifs is 3. The highest BCUT2D eigenvalue weighted by Crippen LogP contribution is 2.32. The second kappa shape index (κ2) is 7.33. The molecule has 1 aliphatic rings. The molecule has 1 aliphatic carbocycles. The van der Waals surface area contributed by atoms with Crippen molar-refractivity contribution in [3.8, 4) is 0 Å². The van der Waals surface area contributed by atoms with Gasteiger partial charge in [-0.05, 0) is 45.1 Å². The molecule has 28 heavy (non-hydrogen) atoms. The summed E-state index contributed by atoms with van der Waals surface area (Å²) in [6.45, 7) is 3.49. The van der Waals surface area contributed by atoms with Gasteiger partial charge < -0.3 is 0 Å². The van der Waals surface area contributed by atoms with E-state index in [-0.39, 0.29) is 16.3 Å². The van der Waals surface area contributed by atoms with Crippen LogP contribution < -0.4 is 11.0 Å². The Morgan fingerprint density at radius 2 is 1.89 bits per heavy atom. The quantitative estimate of drug-likeness (QED) is 0.689. The van der Waals surface area contributed by atoms with Crippen LogP contribution in [-0.2, 0) is 19.9 Å². The summed E-state index contributed by atoms with van der Waals surface area (Å²) in [5, 5.41) is 5.06. The predicted octanol–water partition coefficient (Wildman–Crippen LogP) is 3.50. The van der Waals surface area contributed by atoms with Crippen LogP contribution >= 0.6 is 22.9 Å². The second-order valence-corrected chi connectivity index (χ2v) is 8.67. The minimum Gasteiger partial charge on any atom is -0.271 e. The Hall–Kier alpha value is -2.19. The molecule has 4 rings (SSSR count). The van der Waals surface area contributed by atoms with Crippen molar-refractivity contribution in [2.24, 2.45) is 7.05 Å². The van der Waals surface area contributed by atoms with E-state index in [4.69, 9.17) is 11.6 Å². The number of carbonyl (C=O) groups is 1. The zero-order valence-corrected chi connectivity index (χ0v) is 17.7. The van der Waals surface area contributed by atoms with Gasteiger partial charge in [0, 0.05) is 11.9 Å². The maximum absolute atomic E-state index is 13.3. The molecule has 0 fully saturated rings. The molecule has 0 bridgehead atoms. The topological polar surface area (TPSA) is 81.8 Å². The monoisotopic (exact) mass is 419 g/mol. The number of hydrogen-bond acceptors (Lipinski definition) is 5. The summed E-state index contributed by atoms with van der Waals surface area (Å²) in [5.41, 5.74) is 4.28. The third kappa shape index (κ3) is 3.14. The summed E-state index contributed by atoms with van der Waals surface area (Å²) >= 11 is 7.82. The summed E-state index contributed by atoms with van der Waals surface area (Å²) in [6.07, 6.45) is 6.49. The van der Waals surface area contributed by atoms with Crippen molar-refractivity contribution in [3.63, 3.8) is 0 Å². The highest BCUT2D eigenvalue weighted by Gasteiger charge is 2.23. The SMILES string of the molecule is Cc1c(Cl)c(C(=O)Nn2c(C)nc3sc4c(c3c2=O)CCCCCC4)nn1C. The number of nitrogens with zero attached hydrogens (tertiary/aromatic N) is 4. The number of halogens is 1. The van der Waals surface area contributed by atoms with Gasteiger partial charge in [-0.15, -0.1) is 11.3 Å². The third-order valence-electron chi connectivity index (χ3n) is 5.35. The smallest absolute Gasteiger partial charge is 0.271 e. The van der Waals surface area contributed by atoms with Crippen molar-refractivity contribution >= 4 is 39.1 Å². The lowest BCUT2D eigenvalue weighted by atomic mass is 9.98. The average molecular weight is 420 g/mol. The highest BCUT2D eigenvalue weighted by atomic mass is 35.5. The Labute approximate surface area is 171 Å². The molecule has 3 heterocycles. The first-order valence-corrected chi connectivity index (χ1v) is 10.6. The van der Waals surface area contributed by atoms with E-state index in [2.05, 4.69) is 15.5 Å². The molecule has 0 aliphatic heterocycles. The molecule has 0 radical (unpaired) electrons. The number of aryl methyl sites for hydroxylation is 4. The van der Waals surface area contributed by atoms with Crippen LogP contribution in [0.4, 0.5) is 0 Å². The van der Waals surface area contributed by atoms with Crippen LogP contribution in [0.5, 0.6) is 0 Å². The second-order valence-electron chi connectivity index (χ2n) is 7.21. The molecule has 3 aromatic heterocycles. The molecule has 0 saturated heterocycles. The van der Waals surface area contributed by atoms with E-state index in [1.54, 1.807) is 32.2 Å². The number of aromatic nitrogens is 4. The van der Waals surface area contributed by atoms with E-state index in [9.17, 15) is 9.59 Å². The molecule has 0 saturated carbocycles. The first kappa shape index (κ1) is 19.1. The molecule has 9 heteroatoms. The molecule has 0 spiro atoms. The van der Waals surface area contributed by atoms with Gasteiger partial charge in [-0.1, -0.05) is 24.4 Å². The number of hydrogen-bond donors (Lipinski definition) is 1. The van der Waals surface area contributed by atoms with E-state index < -0.39 is 5.91 Å². The van der Waals surface area contributed by atoms with Crippen molar-refractivity contribution in [1.82, 2.24) is 19.4 Å². The Kier molecular flexibility index (Phi) is 5.01. The molecular weight excluding hydrogens is 398 g/mol. The summed E-state index contributed by atoms with van der Waals surface area (Å²) in [6, 6.07) is 0. The van der Waals surface area contributed by atoms with Crippen LogP contribution in [0, 0.1) is 13.8 Å². The van der Waals surface area contributed by atoms with Crippen LogP contribution in [0.25, 0.3) is 10.2 Å². The fourth-order valence-corrected chi connectivity index (χ4v) is 5.22. The fourth-order valence-electron chi connectivity index (χ4n) is 3.67. The molecule has 148 valence electrons. The molecule has 0 aromatic carbocycles. The van der Waals surface area contributed by atoms with Crippen LogP contribution in [-0.4, -0.2) is 25.3 Å². The largest absolute Gasteiger partial charge is 0.292 e. The maximum atomic E-state index is 13.3. The van der Waals surface area contributed by atoms with Gasteiger partial charge in [-0.3, -0.25) is 19.7 Å². The fraction of sp³-hybridized carbons (Fsp3) is 0.474. The van der Waals surface area contributed by atoms with Gasteiger partial charge in [0.1, 0.15) is 10.7 Å². The molecule has 0 unspecified atom stereocenters. The zero-order valence-electron chi connectivity index (χ0n) is 16.1. The van der Waals surface area contributed by atoms with Crippen molar-refractivity contribution in [2.45, 2.75) is 52.4 Å². The lowest BCUT2D eigenvalue weighted by molar-refractivity contribution is 0.100. The first-order chi connectivity index (χ1) is 13.4. The lowest BCUT2D eigenvalue weighted by Crippen LogP contribution is -2.36. The number of rotatable bonds is 2. The molecule has 7 nitrogen and oxygen atoms in total. The van der Waals surface area contributed by atoms with E-state index >= 15 is 0 Å². The first-order valence-electron chi connectivity index (χ1n) is 9.43. The molecule has 1 N–H and O–H groups in total. The predicted molar refractivity (Wildman–Crippen MR) is 111 cm³/mol. The Bertz CT molecular complexity index is 1140. The maximum Gasteiger partial charge on any atom is 0.292 e. The summed E-state index contributed by atoms with van der Waals surface area (Å²) in [4.78, 5) is 32.6. The number of nitrogens with one attached hydrogen (secondary N) is 1. The number of amides is 1. The highest BCUT2D eigenvalue weighted by molar-refractivity contribution is 7.18. The van der Waals surface area contributed by atoms with Crippen LogP contribution in [0.1, 0.15) is 58.1 Å². The minimum absolute atomic E-state index is 0.0914. The van der Waals surface area contributed by atoms with Gasteiger partial charge in [-0.25, -0.2) is 9.66 Å². The average Bonchev–Trinajstić information content (AvgIpc) is 3.10. The third-order valence-corrected chi connectivity index (χ3v) is 6.98. The molecule has 1 amide bonds. The van der Waals surface area contributed by atoms with Crippen molar-refractivity contribution in [2.75, 3.05) is 5.43 Å². The molecule has 3 aromatic rings. The zero-order chi connectivity index (χ0) is 20.0. The van der Waals surface area contributed by atoms with Crippen molar-refractivity contribution in [3.05, 3.63) is 43.0 Å². The minimum atomic E-state index is -0.529. The van der Waals surface area contributed by atoms with Gasteiger partial charge in [0.2, 0.25) is 0 Å². The van der Waals surface area contributed by atoms with Crippen molar-refractivity contribution < 1.29 is 4.79 Å². The van der Waals surface area contributed by atoms with Crippen LogP contribution in [0.2, 0.25) is 5.02 Å². The van der Waals surface area contributed by atoms with E-state index in [0.29, 0.717) is 16.9 Å². The van der Waals surface area contributed by atoms with Gasteiger partial charge in [0.05, 0.1) is 16.1 Å². The van der Waals surface area contributed by atoms with E-state index in [1.165, 1.54) is 27.1 Å². The van der Waals surface area contributed by atoms with E-state index in [1.807, 2.05) is 0 Å². The lowest BCUT2D eigenvalue weighted by Gasteiger charge is -2.12. The van der Waals surface area contributed by atoms with E-state index in [0.717, 1.165) is 36.1 Å². The Balaban J connectivity index is 1.79. The molecular formula is C19H22ClN5O2S. The summed E-state index contributed by atoms with van der Waals surface area (Å²) in [5.74, 6) is -0.0954. The van der Waals surface area contributed by atoms with Crippen LogP contribution in [0.15, 0.2) is 4.79 Å². The van der Waals surface area contributed by atoms with Gasteiger partial charge in [0.15, 0.2) is 5.69 Å². The summed E-state index contributed by atoms with van der Waals surface area (Å²) < 4.78 is 2.76. The molecule has 0 atom stereocenters. The number of thiophene rings is 1.